The summed E-state index contributed by atoms with van der Waals surface area (Å²) in [4.78, 5) is 25.8. The van der Waals surface area contributed by atoms with Crippen molar-refractivity contribution in [1.82, 2.24) is 9.78 Å². The van der Waals surface area contributed by atoms with Crippen LogP contribution in [0, 0.1) is 6.92 Å². The lowest BCUT2D eigenvalue weighted by Crippen LogP contribution is -2.19. The van der Waals surface area contributed by atoms with E-state index in [1.54, 1.807) is 23.0 Å². The molecule has 2 aromatic heterocycles. The fourth-order valence-corrected chi connectivity index (χ4v) is 4.14. The number of nitrogens with one attached hydrogen (secondary N) is 2. The number of aryl methyl sites for hydroxylation is 1. The third-order valence-electron chi connectivity index (χ3n) is 4.82. The maximum absolute atomic E-state index is 13.2. The molecule has 0 aliphatic carbocycles. The van der Waals surface area contributed by atoms with Crippen LogP contribution < -0.4 is 10.6 Å². The molecule has 4 aromatic rings. The first kappa shape index (κ1) is 19.2. The highest BCUT2D eigenvalue weighted by Crippen LogP contribution is 2.34. The van der Waals surface area contributed by atoms with Crippen LogP contribution in [-0.4, -0.2) is 27.3 Å². The van der Waals surface area contributed by atoms with Crippen molar-refractivity contribution in [2.75, 3.05) is 16.4 Å². The molecule has 31 heavy (non-hydrogen) atoms. The van der Waals surface area contributed by atoms with Crippen LogP contribution in [0.15, 0.2) is 76.2 Å². The van der Waals surface area contributed by atoms with Gasteiger partial charge in [-0.1, -0.05) is 18.2 Å². The molecule has 0 bridgehead atoms. The molecular formula is C23H18N4O3S. The van der Waals surface area contributed by atoms with Crippen molar-refractivity contribution in [3.63, 3.8) is 0 Å². The summed E-state index contributed by atoms with van der Waals surface area (Å²) in [6.45, 7) is 1.84. The van der Waals surface area contributed by atoms with Gasteiger partial charge in [0.15, 0.2) is 5.76 Å². The third-order valence-corrected chi connectivity index (χ3v) is 5.90. The van der Waals surface area contributed by atoms with Gasteiger partial charge in [0.2, 0.25) is 5.91 Å². The molecule has 0 fully saturated rings. The molecule has 0 atom stereocenters. The molecule has 7 nitrogen and oxygen atoms in total. The van der Waals surface area contributed by atoms with E-state index in [9.17, 15) is 9.59 Å². The molecule has 0 unspecified atom stereocenters. The van der Waals surface area contributed by atoms with E-state index in [-0.39, 0.29) is 11.8 Å². The molecular weight excluding hydrogens is 412 g/mol. The molecule has 2 aromatic carbocycles. The number of fused-ring (bicyclic) bond motifs is 1. The number of hydrogen-bond acceptors (Lipinski definition) is 5. The summed E-state index contributed by atoms with van der Waals surface area (Å²) < 4.78 is 7.40. The van der Waals surface area contributed by atoms with Crippen LogP contribution in [0.25, 0.3) is 17.1 Å². The first-order valence-corrected chi connectivity index (χ1v) is 10.7. The van der Waals surface area contributed by atoms with E-state index in [1.165, 1.54) is 11.8 Å². The molecule has 8 heteroatoms. The molecule has 0 saturated carbocycles. The van der Waals surface area contributed by atoms with E-state index in [0.29, 0.717) is 34.1 Å². The Bertz CT molecular complexity index is 1290. The first-order chi connectivity index (χ1) is 15.1. The van der Waals surface area contributed by atoms with Gasteiger partial charge >= 0.3 is 0 Å². The van der Waals surface area contributed by atoms with Crippen molar-refractivity contribution >= 4 is 35.0 Å². The lowest BCUT2D eigenvalue weighted by Gasteiger charge is -2.17. The Balaban J connectivity index is 1.50. The molecule has 1 aliphatic heterocycles. The Kier molecular flexibility index (Phi) is 4.83. The largest absolute Gasteiger partial charge is 0.460 e. The lowest BCUT2D eigenvalue weighted by molar-refractivity contribution is -0.113. The number of furan rings is 1. The van der Waals surface area contributed by atoms with E-state index >= 15 is 0 Å². The second-order valence-electron chi connectivity index (χ2n) is 7.08. The standard InChI is InChI=1S/C23H18N4O3S/c1-14-7-9-19(30-14)22-17(12-27(26-22)16-5-3-2-4-6-16)23(29)24-15-8-10-20-18(11-15)25-21(28)13-31-20/h2-12H,13H2,1H3,(H,24,29)(H,25,28). The average molecular weight is 430 g/mol. The zero-order chi connectivity index (χ0) is 21.4. The number of carbonyl (C=O) groups excluding carboxylic acids is 2. The summed E-state index contributed by atoms with van der Waals surface area (Å²) in [6.07, 6.45) is 1.69. The summed E-state index contributed by atoms with van der Waals surface area (Å²) >= 11 is 1.47. The fourth-order valence-electron chi connectivity index (χ4n) is 3.36. The summed E-state index contributed by atoms with van der Waals surface area (Å²) in [7, 11) is 0. The fraction of sp³-hybridized carbons (Fsp3) is 0.0870. The molecule has 154 valence electrons. The van der Waals surface area contributed by atoms with Crippen LogP contribution in [0.1, 0.15) is 16.1 Å². The SMILES string of the molecule is Cc1ccc(-c2nn(-c3ccccc3)cc2C(=O)Nc2ccc3c(c2)NC(=O)CS3)o1. The molecule has 5 rings (SSSR count). The van der Waals surface area contributed by atoms with Crippen molar-refractivity contribution in [3.05, 3.63) is 78.2 Å². The van der Waals surface area contributed by atoms with Gasteiger partial charge in [-0.25, -0.2) is 4.68 Å². The number of aromatic nitrogens is 2. The quantitative estimate of drug-likeness (QED) is 0.488. The van der Waals surface area contributed by atoms with E-state index in [2.05, 4.69) is 15.7 Å². The Morgan fingerprint density at radius 2 is 2.00 bits per heavy atom. The molecule has 0 saturated heterocycles. The molecule has 2 N–H and O–H groups in total. The number of nitrogens with zero attached hydrogens (tertiary/aromatic N) is 2. The molecule has 3 heterocycles. The number of benzene rings is 2. The van der Waals surface area contributed by atoms with Crippen molar-refractivity contribution in [3.8, 4) is 17.1 Å². The van der Waals surface area contributed by atoms with Gasteiger partial charge in [-0.2, -0.15) is 5.10 Å². The minimum absolute atomic E-state index is 0.0550. The van der Waals surface area contributed by atoms with Crippen LogP contribution in [0.5, 0.6) is 0 Å². The Hall–Kier alpha value is -3.78. The van der Waals surface area contributed by atoms with Gasteiger partial charge in [0, 0.05) is 16.8 Å². The lowest BCUT2D eigenvalue weighted by atomic mass is 10.2. The predicted molar refractivity (Wildman–Crippen MR) is 120 cm³/mol. The van der Waals surface area contributed by atoms with Crippen molar-refractivity contribution in [1.29, 1.82) is 0 Å². The second kappa shape index (κ2) is 7.81. The van der Waals surface area contributed by atoms with Gasteiger partial charge in [-0.05, 0) is 49.4 Å². The molecule has 1 aliphatic rings. The van der Waals surface area contributed by atoms with E-state index in [0.717, 1.165) is 16.3 Å². The molecule has 2 amide bonds. The van der Waals surface area contributed by atoms with Gasteiger partial charge in [0.25, 0.3) is 5.91 Å². The van der Waals surface area contributed by atoms with Gasteiger partial charge in [0.05, 0.1) is 22.7 Å². The minimum atomic E-state index is -0.319. The number of anilines is 2. The van der Waals surface area contributed by atoms with Gasteiger partial charge in [-0.3, -0.25) is 9.59 Å². The highest BCUT2D eigenvalue weighted by atomic mass is 32.2. The Morgan fingerprint density at radius 3 is 2.77 bits per heavy atom. The van der Waals surface area contributed by atoms with Gasteiger partial charge in [-0.15, -0.1) is 11.8 Å². The topological polar surface area (TPSA) is 89.2 Å². The number of rotatable bonds is 4. The van der Waals surface area contributed by atoms with Crippen LogP contribution in [0.3, 0.4) is 0 Å². The molecule has 0 spiro atoms. The molecule has 0 radical (unpaired) electrons. The zero-order valence-corrected chi connectivity index (χ0v) is 17.4. The van der Waals surface area contributed by atoms with Crippen molar-refractivity contribution < 1.29 is 14.0 Å². The predicted octanol–water partition coefficient (Wildman–Crippen LogP) is 4.74. The van der Waals surface area contributed by atoms with Gasteiger partial charge < -0.3 is 15.1 Å². The van der Waals surface area contributed by atoms with E-state index in [4.69, 9.17) is 4.42 Å². The summed E-state index contributed by atoms with van der Waals surface area (Å²) in [5.41, 5.74) is 2.95. The van der Waals surface area contributed by atoms with E-state index in [1.807, 2.05) is 55.5 Å². The number of para-hydroxylation sites is 1. The van der Waals surface area contributed by atoms with Crippen molar-refractivity contribution in [2.45, 2.75) is 11.8 Å². The van der Waals surface area contributed by atoms with E-state index < -0.39 is 0 Å². The maximum Gasteiger partial charge on any atom is 0.259 e. The first-order valence-electron chi connectivity index (χ1n) is 9.67. The number of carbonyl (C=O) groups is 2. The van der Waals surface area contributed by atoms with Crippen LogP contribution in [0.4, 0.5) is 11.4 Å². The number of amides is 2. The summed E-state index contributed by atoms with van der Waals surface area (Å²) in [5, 5.41) is 10.4. The second-order valence-corrected chi connectivity index (χ2v) is 8.10. The van der Waals surface area contributed by atoms with Crippen LogP contribution >= 0.6 is 11.8 Å². The minimum Gasteiger partial charge on any atom is -0.460 e. The van der Waals surface area contributed by atoms with Crippen LogP contribution in [-0.2, 0) is 4.79 Å². The highest BCUT2D eigenvalue weighted by Gasteiger charge is 2.22. The zero-order valence-electron chi connectivity index (χ0n) is 16.6. The number of thioether (sulfide) groups is 1. The van der Waals surface area contributed by atoms with Crippen LogP contribution in [0.2, 0.25) is 0 Å². The normalized spacial score (nSPS) is 12.9. The Labute approximate surface area is 182 Å². The number of hydrogen-bond donors (Lipinski definition) is 2. The Morgan fingerprint density at radius 1 is 1.16 bits per heavy atom. The van der Waals surface area contributed by atoms with Crippen molar-refractivity contribution in [2.24, 2.45) is 0 Å². The summed E-state index contributed by atoms with van der Waals surface area (Å²) in [5.74, 6) is 1.27. The monoisotopic (exact) mass is 430 g/mol. The maximum atomic E-state index is 13.2. The average Bonchev–Trinajstić information content (AvgIpc) is 3.40. The smallest absolute Gasteiger partial charge is 0.259 e. The summed E-state index contributed by atoms with van der Waals surface area (Å²) in [6, 6.07) is 18.7. The third kappa shape index (κ3) is 3.85. The van der Waals surface area contributed by atoms with Gasteiger partial charge in [0.1, 0.15) is 11.5 Å². The highest BCUT2D eigenvalue weighted by molar-refractivity contribution is 8.00.